The van der Waals surface area contributed by atoms with Gasteiger partial charge in [0.1, 0.15) is 43.7 Å². The largest absolute Gasteiger partial charge is 0.496 e. The molecule has 0 saturated carbocycles. The molecule has 0 amide bonds. The Labute approximate surface area is 230 Å². The molecular formula is C32H36O7. The van der Waals surface area contributed by atoms with Crippen molar-refractivity contribution in [1.82, 2.24) is 0 Å². The van der Waals surface area contributed by atoms with Gasteiger partial charge in [0, 0.05) is 11.6 Å². The summed E-state index contributed by atoms with van der Waals surface area (Å²) < 4.78 is 27.1. The van der Waals surface area contributed by atoms with Gasteiger partial charge >= 0.3 is 11.9 Å². The van der Waals surface area contributed by atoms with Gasteiger partial charge in [0.05, 0.1) is 12.5 Å². The third kappa shape index (κ3) is 9.21. The molecule has 39 heavy (non-hydrogen) atoms. The van der Waals surface area contributed by atoms with Gasteiger partial charge in [-0.05, 0) is 67.8 Å². The van der Waals surface area contributed by atoms with E-state index in [1.807, 2.05) is 93.6 Å². The first-order valence-corrected chi connectivity index (χ1v) is 12.9. The van der Waals surface area contributed by atoms with Crippen LogP contribution in [0.4, 0.5) is 0 Å². The third-order valence-corrected chi connectivity index (χ3v) is 6.20. The predicted octanol–water partition coefficient (Wildman–Crippen LogP) is 6.36. The topological polar surface area (TPSA) is 80.3 Å². The fraction of sp³-hybridized carbons (Fsp3) is 0.312. The van der Waals surface area contributed by atoms with Crippen molar-refractivity contribution >= 4 is 18.0 Å². The zero-order valence-electron chi connectivity index (χ0n) is 23.0. The Kier molecular flexibility index (Phi) is 11.0. The number of methoxy groups -OCH3 is 1. The molecule has 0 aromatic heterocycles. The van der Waals surface area contributed by atoms with Crippen LogP contribution in [0.2, 0.25) is 0 Å². The first-order valence-electron chi connectivity index (χ1n) is 12.9. The summed E-state index contributed by atoms with van der Waals surface area (Å²) in [7, 11) is 1.58. The van der Waals surface area contributed by atoms with Gasteiger partial charge in [0.2, 0.25) is 0 Å². The third-order valence-electron chi connectivity index (χ3n) is 6.20. The van der Waals surface area contributed by atoms with E-state index < -0.39 is 11.4 Å². The summed E-state index contributed by atoms with van der Waals surface area (Å²) in [6.07, 6.45) is 3.75. The molecule has 0 atom stereocenters. The van der Waals surface area contributed by atoms with Crippen molar-refractivity contribution < 1.29 is 33.3 Å². The van der Waals surface area contributed by atoms with Crippen LogP contribution >= 0.6 is 0 Å². The molecule has 0 bridgehead atoms. The van der Waals surface area contributed by atoms with Crippen molar-refractivity contribution in [2.45, 2.75) is 27.2 Å². The van der Waals surface area contributed by atoms with Gasteiger partial charge in [0.15, 0.2) is 0 Å². The highest BCUT2D eigenvalue weighted by Gasteiger charge is 2.26. The Hall–Kier alpha value is -4.26. The van der Waals surface area contributed by atoms with Gasteiger partial charge in [-0.15, -0.1) is 0 Å². The van der Waals surface area contributed by atoms with Crippen LogP contribution in [-0.2, 0) is 19.1 Å². The summed E-state index contributed by atoms with van der Waals surface area (Å²) in [6, 6.07) is 22.8. The van der Waals surface area contributed by atoms with Crippen molar-refractivity contribution in [3.8, 4) is 28.4 Å². The average Bonchev–Trinajstić information content (AvgIpc) is 2.97. The number of ether oxygens (including phenoxy) is 5. The summed E-state index contributed by atoms with van der Waals surface area (Å²) in [5, 5.41) is 0. The van der Waals surface area contributed by atoms with Crippen molar-refractivity contribution in [3.63, 3.8) is 0 Å². The molecule has 0 N–H and O–H groups in total. The van der Waals surface area contributed by atoms with Crippen LogP contribution in [0.25, 0.3) is 17.2 Å². The summed E-state index contributed by atoms with van der Waals surface area (Å²) >= 11 is 0. The molecule has 0 spiro atoms. The monoisotopic (exact) mass is 532 g/mol. The second-order valence-electron chi connectivity index (χ2n) is 9.36. The summed E-state index contributed by atoms with van der Waals surface area (Å²) in [6.45, 7) is 6.59. The van der Waals surface area contributed by atoms with Crippen LogP contribution in [0.1, 0.15) is 32.8 Å². The molecule has 7 heteroatoms. The van der Waals surface area contributed by atoms with Crippen molar-refractivity contribution in [1.29, 1.82) is 0 Å². The summed E-state index contributed by atoms with van der Waals surface area (Å²) in [5.41, 5.74) is 2.37. The molecule has 0 unspecified atom stereocenters. The van der Waals surface area contributed by atoms with Crippen molar-refractivity contribution in [2.24, 2.45) is 5.41 Å². The molecule has 0 aliphatic rings. The van der Waals surface area contributed by atoms with E-state index >= 15 is 0 Å². The Morgan fingerprint density at radius 3 is 1.82 bits per heavy atom. The number of carbonyl (C=O) groups is 2. The number of hydrogen-bond donors (Lipinski definition) is 0. The normalized spacial score (nSPS) is 11.2. The van der Waals surface area contributed by atoms with Gasteiger partial charge in [-0.3, -0.25) is 4.79 Å². The van der Waals surface area contributed by atoms with E-state index in [0.29, 0.717) is 23.9 Å². The Morgan fingerprint density at radius 2 is 1.28 bits per heavy atom. The van der Waals surface area contributed by atoms with E-state index in [-0.39, 0.29) is 25.8 Å². The Morgan fingerprint density at radius 1 is 0.744 bits per heavy atom. The molecule has 0 fully saturated rings. The molecule has 3 aromatic rings. The number of rotatable bonds is 14. The Bertz CT molecular complexity index is 1230. The summed E-state index contributed by atoms with van der Waals surface area (Å²) in [5.74, 6) is 1.41. The SMILES string of the molecule is CCC(C)(C)C(=O)OCCOc1ccc(-c2ccc(OCCOC(=O)/C=C\c3ccccc3OC)cc2)cc1. The Balaban J connectivity index is 1.38. The average molecular weight is 533 g/mol. The molecule has 0 aliphatic carbocycles. The van der Waals surface area contributed by atoms with Crippen LogP contribution in [0.15, 0.2) is 78.9 Å². The molecule has 0 heterocycles. The van der Waals surface area contributed by atoms with Gasteiger partial charge in [0.25, 0.3) is 0 Å². The molecule has 206 valence electrons. The van der Waals surface area contributed by atoms with Crippen LogP contribution in [0.5, 0.6) is 17.2 Å². The van der Waals surface area contributed by atoms with Crippen LogP contribution in [0, 0.1) is 5.41 Å². The van der Waals surface area contributed by atoms with Crippen LogP contribution in [-0.4, -0.2) is 45.5 Å². The standard InChI is InChI=1S/C32H36O7/c1-5-32(2,3)31(34)39-23-21-37-28-17-12-25(13-18-28)24-10-15-27(16-11-24)36-20-22-38-30(33)19-14-26-8-6-7-9-29(26)35-4/h6-19H,5,20-23H2,1-4H3/b19-14-. The van der Waals surface area contributed by atoms with Gasteiger partial charge < -0.3 is 23.7 Å². The van der Waals surface area contributed by atoms with E-state index in [2.05, 4.69) is 0 Å². The zero-order valence-corrected chi connectivity index (χ0v) is 23.0. The highest BCUT2D eigenvalue weighted by molar-refractivity contribution is 5.87. The second-order valence-corrected chi connectivity index (χ2v) is 9.36. The van der Waals surface area contributed by atoms with Crippen LogP contribution < -0.4 is 14.2 Å². The lowest BCUT2D eigenvalue weighted by atomic mass is 9.91. The maximum Gasteiger partial charge on any atom is 0.330 e. The fourth-order valence-electron chi connectivity index (χ4n) is 3.43. The van der Waals surface area contributed by atoms with Gasteiger partial charge in [-0.1, -0.05) is 49.4 Å². The first kappa shape index (κ1) is 29.3. The quantitative estimate of drug-likeness (QED) is 0.136. The minimum atomic E-state index is -0.481. The number of esters is 2. The zero-order chi connectivity index (χ0) is 28.1. The lowest BCUT2D eigenvalue weighted by Crippen LogP contribution is -2.27. The van der Waals surface area contributed by atoms with Gasteiger partial charge in [-0.25, -0.2) is 4.79 Å². The molecule has 0 aliphatic heterocycles. The molecular weight excluding hydrogens is 496 g/mol. The van der Waals surface area contributed by atoms with E-state index in [1.54, 1.807) is 13.2 Å². The van der Waals surface area contributed by atoms with E-state index in [4.69, 9.17) is 23.7 Å². The van der Waals surface area contributed by atoms with Crippen molar-refractivity contribution in [3.05, 3.63) is 84.4 Å². The molecule has 3 rings (SSSR count). The van der Waals surface area contributed by atoms with E-state index in [1.165, 1.54) is 6.08 Å². The number of benzene rings is 3. The lowest BCUT2D eigenvalue weighted by Gasteiger charge is -2.20. The lowest BCUT2D eigenvalue weighted by molar-refractivity contribution is -0.154. The van der Waals surface area contributed by atoms with Crippen molar-refractivity contribution in [2.75, 3.05) is 33.5 Å². The first-order chi connectivity index (χ1) is 18.8. The molecule has 3 aromatic carbocycles. The molecule has 0 saturated heterocycles. The predicted molar refractivity (Wildman–Crippen MR) is 151 cm³/mol. The number of para-hydroxylation sites is 1. The number of carbonyl (C=O) groups excluding carboxylic acids is 2. The maximum atomic E-state index is 12.0. The minimum absolute atomic E-state index is 0.133. The second kappa shape index (κ2) is 14.6. The van der Waals surface area contributed by atoms with E-state index in [9.17, 15) is 9.59 Å². The smallest absolute Gasteiger partial charge is 0.330 e. The summed E-state index contributed by atoms with van der Waals surface area (Å²) in [4.78, 5) is 24.0. The fourth-order valence-corrected chi connectivity index (χ4v) is 3.43. The molecule has 7 nitrogen and oxygen atoms in total. The number of hydrogen-bond acceptors (Lipinski definition) is 7. The van der Waals surface area contributed by atoms with Crippen LogP contribution in [0.3, 0.4) is 0 Å². The highest BCUT2D eigenvalue weighted by atomic mass is 16.6. The minimum Gasteiger partial charge on any atom is -0.496 e. The molecule has 0 radical (unpaired) electrons. The van der Waals surface area contributed by atoms with Gasteiger partial charge in [-0.2, -0.15) is 0 Å². The highest BCUT2D eigenvalue weighted by Crippen LogP contribution is 2.25. The maximum absolute atomic E-state index is 12.0. The van der Waals surface area contributed by atoms with E-state index in [0.717, 1.165) is 23.1 Å².